The first kappa shape index (κ1) is 16.1. The third-order valence-electron chi connectivity index (χ3n) is 3.78. The Labute approximate surface area is 146 Å². The summed E-state index contributed by atoms with van der Waals surface area (Å²) in [5.74, 6) is 0.861. The molecule has 2 aromatic heterocycles. The van der Waals surface area contributed by atoms with Crippen LogP contribution in [0, 0.1) is 0 Å². The van der Waals surface area contributed by atoms with Crippen LogP contribution in [0.25, 0.3) is 0 Å². The van der Waals surface area contributed by atoms with Gasteiger partial charge in [-0.3, -0.25) is 10.4 Å². The van der Waals surface area contributed by atoms with Gasteiger partial charge >= 0.3 is 6.18 Å². The molecule has 0 aliphatic carbocycles. The van der Waals surface area contributed by atoms with Crippen LogP contribution in [0.1, 0.15) is 11.3 Å². The summed E-state index contributed by atoms with van der Waals surface area (Å²) >= 11 is 0. The monoisotopic (exact) mass is 355 g/mol. The van der Waals surface area contributed by atoms with Crippen molar-refractivity contribution in [3.8, 4) is 0 Å². The van der Waals surface area contributed by atoms with Crippen molar-refractivity contribution < 1.29 is 13.2 Å². The van der Waals surface area contributed by atoms with E-state index in [4.69, 9.17) is 0 Å². The topological polar surface area (TPSA) is 53.4 Å². The molecule has 0 radical (unpaired) electrons. The molecule has 1 aliphatic rings. The minimum absolute atomic E-state index is 0.262. The minimum atomic E-state index is -4.45. The van der Waals surface area contributed by atoms with Crippen molar-refractivity contribution in [3.63, 3.8) is 0 Å². The molecule has 5 nitrogen and oxygen atoms in total. The SMILES string of the molecule is FC(F)(F)c1ccc2c(c1)N(c1ccccn1)NC(c1ccccn1)=N2. The number of hydrogen-bond donors (Lipinski definition) is 1. The third-order valence-corrected chi connectivity index (χ3v) is 3.78. The Morgan fingerprint density at radius 3 is 2.31 bits per heavy atom. The summed E-state index contributed by atoms with van der Waals surface area (Å²) in [6, 6.07) is 13.9. The summed E-state index contributed by atoms with van der Waals surface area (Å²) in [7, 11) is 0. The highest BCUT2D eigenvalue weighted by Crippen LogP contribution is 2.40. The Kier molecular flexibility index (Phi) is 3.80. The largest absolute Gasteiger partial charge is 0.416 e. The number of halogens is 3. The molecule has 0 saturated heterocycles. The molecule has 0 bridgehead atoms. The Morgan fingerprint density at radius 1 is 0.885 bits per heavy atom. The smallest absolute Gasteiger partial charge is 0.274 e. The zero-order valence-corrected chi connectivity index (χ0v) is 13.3. The van der Waals surface area contributed by atoms with E-state index in [1.54, 1.807) is 48.8 Å². The molecule has 1 N–H and O–H groups in total. The summed E-state index contributed by atoms with van der Waals surface area (Å²) in [6.45, 7) is 0. The van der Waals surface area contributed by atoms with Crippen molar-refractivity contribution in [2.45, 2.75) is 6.18 Å². The van der Waals surface area contributed by atoms with Crippen LogP contribution < -0.4 is 10.4 Å². The van der Waals surface area contributed by atoms with Crippen molar-refractivity contribution in [3.05, 3.63) is 78.2 Å². The molecule has 0 unspecified atom stereocenters. The van der Waals surface area contributed by atoms with Crippen molar-refractivity contribution in [2.24, 2.45) is 4.99 Å². The van der Waals surface area contributed by atoms with E-state index in [1.807, 2.05) is 0 Å². The molecule has 8 heteroatoms. The van der Waals surface area contributed by atoms with Crippen LogP contribution in [0.15, 0.2) is 72.0 Å². The number of anilines is 2. The maximum atomic E-state index is 13.1. The molecule has 1 aliphatic heterocycles. The number of fused-ring (bicyclic) bond motifs is 1. The fraction of sp³-hybridized carbons (Fsp3) is 0.0556. The zero-order chi connectivity index (χ0) is 18.1. The van der Waals surface area contributed by atoms with Crippen molar-refractivity contribution in [1.82, 2.24) is 15.4 Å². The normalized spacial score (nSPS) is 13.7. The second-order valence-electron chi connectivity index (χ2n) is 5.51. The number of pyridine rings is 2. The third kappa shape index (κ3) is 2.97. The molecule has 130 valence electrons. The average Bonchev–Trinajstić information content (AvgIpc) is 2.67. The van der Waals surface area contributed by atoms with Gasteiger partial charge in [0.25, 0.3) is 0 Å². The fourth-order valence-electron chi connectivity index (χ4n) is 2.57. The molecule has 0 atom stereocenters. The molecular formula is C18H12F3N5. The van der Waals surface area contributed by atoms with E-state index in [0.29, 0.717) is 23.0 Å². The number of nitrogens with zero attached hydrogens (tertiary/aromatic N) is 4. The van der Waals surface area contributed by atoms with Crippen molar-refractivity contribution >= 4 is 23.0 Å². The Bertz CT molecular complexity index is 956. The van der Waals surface area contributed by atoms with Crippen LogP contribution in [0.5, 0.6) is 0 Å². The maximum Gasteiger partial charge on any atom is 0.416 e. The summed E-state index contributed by atoms with van der Waals surface area (Å²) in [4.78, 5) is 12.9. The van der Waals surface area contributed by atoms with E-state index < -0.39 is 11.7 Å². The molecule has 3 heterocycles. The number of hydrogen-bond acceptors (Lipinski definition) is 5. The van der Waals surface area contributed by atoms with Crippen LogP contribution in [-0.4, -0.2) is 15.8 Å². The molecule has 3 aromatic rings. The highest BCUT2D eigenvalue weighted by molar-refractivity contribution is 6.03. The maximum absolute atomic E-state index is 13.1. The molecule has 4 rings (SSSR count). The lowest BCUT2D eigenvalue weighted by Gasteiger charge is -2.31. The second kappa shape index (κ2) is 6.14. The van der Waals surface area contributed by atoms with Gasteiger partial charge in [0.15, 0.2) is 11.7 Å². The second-order valence-corrected chi connectivity index (χ2v) is 5.51. The zero-order valence-electron chi connectivity index (χ0n) is 13.3. The summed E-state index contributed by atoms with van der Waals surface area (Å²) in [6.07, 6.45) is -1.26. The number of alkyl halides is 3. The van der Waals surface area contributed by atoms with Crippen molar-refractivity contribution in [2.75, 3.05) is 5.01 Å². The number of amidine groups is 1. The highest BCUT2D eigenvalue weighted by atomic mass is 19.4. The predicted molar refractivity (Wildman–Crippen MR) is 91.4 cm³/mol. The number of hydrazine groups is 1. The fourth-order valence-corrected chi connectivity index (χ4v) is 2.57. The van der Waals surface area contributed by atoms with Gasteiger partial charge in [-0.05, 0) is 42.5 Å². The number of nitrogens with one attached hydrogen (secondary N) is 1. The van der Waals surface area contributed by atoms with E-state index in [9.17, 15) is 13.2 Å². The van der Waals surface area contributed by atoms with E-state index in [2.05, 4.69) is 20.4 Å². The van der Waals surface area contributed by atoms with Gasteiger partial charge in [-0.15, -0.1) is 0 Å². The molecular weight excluding hydrogens is 343 g/mol. The molecule has 0 saturated carbocycles. The molecule has 1 aromatic carbocycles. The lowest BCUT2D eigenvalue weighted by atomic mass is 10.1. The number of benzene rings is 1. The van der Waals surface area contributed by atoms with Gasteiger partial charge in [0.1, 0.15) is 5.69 Å². The first-order valence-electron chi connectivity index (χ1n) is 7.71. The van der Waals surface area contributed by atoms with Gasteiger partial charge < -0.3 is 0 Å². The minimum Gasteiger partial charge on any atom is -0.274 e. The molecule has 26 heavy (non-hydrogen) atoms. The standard InChI is InChI=1S/C18H12F3N5/c19-18(20,21)12-7-8-13-15(11-12)26(16-6-2-4-10-23-16)25-17(24-13)14-5-1-3-9-22-14/h1-11H,(H,24,25). The quantitative estimate of drug-likeness (QED) is 0.747. The Hall–Kier alpha value is -3.42. The van der Waals surface area contributed by atoms with Crippen LogP contribution >= 0.6 is 0 Å². The van der Waals surface area contributed by atoms with Gasteiger partial charge in [-0.1, -0.05) is 12.1 Å². The number of rotatable bonds is 2. The van der Waals surface area contributed by atoms with E-state index in [-0.39, 0.29) is 5.69 Å². The highest BCUT2D eigenvalue weighted by Gasteiger charge is 2.33. The summed E-state index contributed by atoms with van der Waals surface area (Å²) in [5, 5.41) is 1.47. The van der Waals surface area contributed by atoms with Crippen molar-refractivity contribution in [1.29, 1.82) is 0 Å². The van der Waals surface area contributed by atoms with Gasteiger partial charge in [0.2, 0.25) is 0 Å². The van der Waals surface area contributed by atoms with E-state index >= 15 is 0 Å². The molecule has 0 amide bonds. The number of aromatic nitrogens is 2. The summed E-state index contributed by atoms with van der Waals surface area (Å²) < 4.78 is 39.4. The van der Waals surface area contributed by atoms with Gasteiger partial charge in [-0.2, -0.15) is 13.2 Å². The van der Waals surface area contributed by atoms with E-state index in [0.717, 1.165) is 12.1 Å². The average molecular weight is 355 g/mol. The number of aliphatic imine (C=N–C) groups is 1. The van der Waals surface area contributed by atoms with E-state index in [1.165, 1.54) is 11.1 Å². The van der Waals surface area contributed by atoms with Crippen LogP contribution in [0.2, 0.25) is 0 Å². The predicted octanol–water partition coefficient (Wildman–Crippen LogP) is 4.23. The van der Waals surface area contributed by atoms with Gasteiger partial charge in [0, 0.05) is 12.4 Å². The summed E-state index contributed by atoms with van der Waals surface area (Å²) in [5.41, 5.74) is 3.48. The van der Waals surface area contributed by atoms with Gasteiger partial charge in [0.05, 0.1) is 16.9 Å². The van der Waals surface area contributed by atoms with Crippen LogP contribution in [-0.2, 0) is 6.18 Å². The van der Waals surface area contributed by atoms with Gasteiger partial charge in [-0.25, -0.2) is 15.0 Å². The lowest BCUT2D eigenvalue weighted by Crippen LogP contribution is -2.42. The lowest BCUT2D eigenvalue weighted by molar-refractivity contribution is -0.137. The Morgan fingerprint density at radius 2 is 1.65 bits per heavy atom. The molecule has 0 spiro atoms. The Balaban J connectivity index is 1.87. The first-order chi connectivity index (χ1) is 12.5. The first-order valence-corrected chi connectivity index (χ1v) is 7.71. The van der Waals surface area contributed by atoms with Crippen LogP contribution in [0.4, 0.5) is 30.4 Å². The van der Waals surface area contributed by atoms with Crippen LogP contribution in [0.3, 0.4) is 0 Å². The molecule has 0 fully saturated rings.